The lowest BCUT2D eigenvalue weighted by Crippen LogP contribution is -2.60. The maximum atomic E-state index is 13.2. The number of nitrogens with one attached hydrogen (secondary N) is 2. The fraction of sp³-hybridized carbons (Fsp3) is 0.423. The molecule has 186 valence electrons. The molecule has 1 unspecified atom stereocenters. The van der Waals surface area contributed by atoms with Crippen LogP contribution in [0, 0.1) is 0 Å². The first-order valence-electron chi connectivity index (χ1n) is 12.0. The first-order chi connectivity index (χ1) is 17.0. The van der Waals surface area contributed by atoms with Gasteiger partial charge in [-0.15, -0.1) is 0 Å². The van der Waals surface area contributed by atoms with Crippen LogP contribution in [0.25, 0.3) is 0 Å². The van der Waals surface area contributed by atoms with Crippen molar-refractivity contribution in [3.8, 4) is 5.75 Å². The van der Waals surface area contributed by atoms with E-state index in [-0.39, 0.29) is 30.7 Å². The first kappa shape index (κ1) is 24.7. The molecular formula is C26H33N5O4. The zero-order valence-electron chi connectivity index (χ0n) is 20.1. The third-order valence-corrected chi connectivity index (χ3v) is 6.48. The Balaban J connectivity index is 1.30. The number of amides is 3. The summed E-state index contributed by atoms with van der Waals surface area (Å²) in [5.41, 5.74) is 1.81. The van der Waals surface area contributed by atoms with Crippen molar-refractivity contribution >= 4 is 23.4 Å². The highest BCUT2D eigenvalue weighted by Gasteiger charge is 2.35. The Morgan fingerprint density at radius 2 is 1.66 bits per heavy atom. The molecule has 0 spiro atoms. The maximum absolute atomic E-state index is 13.2. The van der Waals surface area contributed by atoms with Gasteiger partial charge >= 0.3 is 0 Å². The zero-order valence-corrected chi connectivity index (χ0v) is 20.1. The maximum Gasteiger partial charge on any atom is 0.243 e. The van der Waals surface area contributed by atoms with E-state index in [0.29, 0.717) is 24.5 Å². The molecule has 2 fully saturated rings. The average molecular weight is 480 g/mol. The number of benzene rings is 2. The van der Waals surface area contributed by atoms with Gasteiger partial charge in [-0.2, -0.15) is 0 Å². The Morgan fingerprint density at radius 3 is 2.40 bits per heavy atom. The van der Waals surface area contributed by atoms with Crippen LogP contribution in [0.4, 0.5) is 5.69 Å². The van der Waals surface area contributed by atoms with Gasteiger partial charge in [0, 0.05) is 45.8 Å². The average Bonchev–Trinajstić information content (AvgIpc) is 2.87. The van der Waals surface area contributed by atoms with Crippen molar-refractivity contribution in [2.24, 2.45) is 0 Å². The van der Waals surface area contributed by atoms with Crippen molar-refractivity contribution in [2.75, 3.05) is 58.2 Å². The molecule has 4 rings (SSSR count). The molecule has 2 aromatic carbocycles. The highest BCUT2D eigenvalue weighted by Crippen LogP contribution is 2.23. The van der Waals surface area contributed by atoms with E-state index >= 15 is 0 Å². The van der Waals surface area contributed by atoms with Gasteiger partial charge in [-0.3, -0.25) is 24.2 Å². The highest BCUT2D eigenvalue weighted by molar-refractivity contribution is 5.98. The quantitative estimate of drug-likeness (QED) is 0.590. The van der Waals surface area contributed by atoms with Gasteiger partial charge in [-0.25, -0.2) is 0 Å². The van der Waals surface area contributed by atoms with Gasteiger partial charge in [-0.1, -0.05) is 42.5 Å². The summed E-state index contributed by atoms with van der Waals surface area (Å²) < 4.78 is 5.27. The Bertz CT molecular complexity index is 1020. The standard InChI is InChI=1S/C26H33N5O4/c1-35-23-10-6-5-9-21(23)28-24(32)17-22-26(34)27-11-12-31(22)25(33)19-30-15-13-29(14-16-30)18-20-7-3-2-4-8-20/h2-10,22H,11-19H2,1H3,(H,27,34)(H,28,32). The van der Waals surface area contributed by atoms with Crippen molar-refractivity contribution in [2.45, 2.75) is 19.0 Å². The molecule has 3 amide bonds. The van der Waals surface area contributed by atoms with Crippen LogP contribution in [0.15, 0.2) is 54.6 Å². The second-order valence-electron chi connectivity index (χ2n) is 8.88. The minimum Gasteiger partial charge on any atom is -0.495 e. The molecule has 9 nitrogen and oxygen atoms in total. The molecule has 0 saturated carbocycles. The van der Waals surface area contributed by atoms with Gasteiger partial charge in [0.15, 0.2) is 0 Å². The molecule has 0 aliphatic carbocycles. The number of ether oxygens (including phenoxy) is 1. The number of anilines is 1. The predicted octanol–water partition coefficient (Wildman–Crippen LogP) is 1.17. The minimum atomic E-state index is -0.828. The normalized spacial score (nSPS) is 19.2. The fourth-order valence-electron chi connectivity index (χ4n) is 4.57. The van der Waals surface area contributed by atoms with Crippen molar-refractivity contribution in [3.63, 3.8) is 0 Å². The van der Waals surface area contributed by atoms with Crippen LogP contribution < -0.4 is 15.4 Å². The second-order valence-corrected chi connectivity index (χ2v) is 8.88. The lowest BCUT2D eigenvalue weighted by molar-refractivity contribution is -0.145. The van der Waals surface area contributed by atoms with E-state index in [1.165, 1.54) is 12.7 Å². The van der Waals surface area contributed by atoms with Crippen LogP contribution in [0.1, 0.15) is 12.0 Å². The molecule has 0 radical (unpaired) electrons. The van der Waals surface area contributed by atoms with Gasteiger partial charge in [0.1, 0.15) is 11.8 Å². The molecule has 9 heteroatoms. The summed E-state index contributed by atoms with van der Waals surface area (Å²) in [6.07, 6.45) is -0.111. The topological polar surface area (TPSA) is 94.2 Å². The molecule has 35 heavy (non-hydrogen) atoms. The van der Waals surface area contributed by atoms with Crippen LogP contribution in [-0.4, -0.2) is 91.4 Å². The molecule has 2 aromatic rings. The number of rotatable bonds is 8. The van der Waals surface area contributed by atoms with Gasteiger partial charge in [0.2, 0.25) is 17.7 Å². The molecule has 2 N–H and O–H groups in total. The summed E-state index contributed by atoms with van der Waals surface area (Å²) in [6.45, 7) is 5.27. The van der Waals surface area contributed by atoms with E-state index in [1.807, 2.05) is 24.3 Å². The molecule has 1 atom stereocenters. The first-order valence-corrected chi connectivity index (χ1v) is 12.0. The van der Waals surface area contributed by atoms with Crippen molar-refractivity contribution in [1.29, 1.82) is 0 Å². The number of carbonyl (C=O) groups excluding carboxylic acids is 3. The Hall–Kier alpha value is -3.43. The lowest BCUT2D eigenvalue weighted by Gasteiger charge is -2.38. The summed E-state index contributed by atoms with van der Waals surface area (Å²) in [6, 6.07) is 16.6. The fourth-order valence-corrected chi connectivity index (χ4v) is 4.57. The van der Waals surface area contributed by atoms with E-state index in [1.54, 1.807) is 23.1 Å². The number of para-hydroxylation sites is 2. The SMILES string of the molecule is COc1ccccc1NC(=O)CC1C(=O)NCCN1C(=O)CN1CCN(Cc2ccccc2)CC1. The molecule has 2 saturated heterocycles. The number of nitrogens with zero attached hydrogens (tertiary/aromatic N) is 3. The Labute approximate surface area is 206 Å². The predicted molar refractivity (Wildman–Crippen MR) is 133 cm³/mol. The third-order valence-electron chi connectivity index (χ3n) is 6.48. The molecule has 2 aliphatic heterocycles. The number of piperazine rings is 2. The Morgan fingerprint density at radius 1 is 0.971 bits per heavy atom. The van der Waals surface area contributed by atoms with Crippen LogP contribution in [0.5, 0.6) is 5.75 Å². The van der Waals surface area contributed by atoms with Crippen molar-refractivity contribution in [3.05, 3.63) is 60.2 Å². The summed E-state index contributed by atoms with van der Waals surface area (Å²) in [4.78, 5) is 44.6. The number of hydrogen-bond acceptors (Lipinski definition) is 6. The minimum absolute atomic E-state index is 0.111. The molecule has 0 bridgehead atoms. The highest BCUT2D eigenvalue weighted by atomic mass is 16.5. The summed E-state index contributed by atoms with van der Waals surface area (Å²) >= 11 is 0. The summed E-state index contributed by atoms with van der Waals surface area (Å²) in [7, 11) is 1.53. The zero-order chi connectivity index (χ0) is 24.6. The van der Waals surface area contributed by atoms with Crippen LogP contribution in [0.3, 0.4) is 0 Å². The smallest absolute Gasteiger partial charge is 0.243 e. The van der Waals surface area contributed by atoms with Crippen molar-refractivity contribution < 1.29 is 19.1 Å². The monoisotopic (exact) mass is 479 g/mol. The molecule has 0 aromatic heterocycles. The largest absolute Gasteiger partial charge is 0.495 e. The molecule has 2 heterocycles. The van der Waals surface area contributed by atoms with Gasteiger partial charge in [-0.05, 0) is 17.7 Å². The lowest BCUT2D eigenvalue weighted by atomic mass is 10.1. The van der Waals surface area contributed by atoms with E-state index in [4.69, 9.17) is 4.74 Å². The van der Waals surface area contributed by atoms with Gasteiger partial charge in [0.05, 0.1) is 25.8 Å². The van der Waals surface area contributed by atoms with Crippen molar-refractivity contribution in [1.82, 2.24) is 20.0 Å². The van der Waals surface area contributed by atoms with Gasteiger partial charge < -0.3 is 20.3 Å². The van der Waals surface area contributed by atoms with E-state index < -0.39 is 6.04 Å². The number of hydrogen-bond donors (Lipinski definition) is 2. The molecule has 2 aliphatic rings. The van der Waals surface area contributed by atoms with Crippen LogP contribution in [0.2, 0.25) is 0 Å². The number of carbonyl (C=O) groups is 3. The Kier molecular flexibility index (Phi) is 8.33. The molecular weight excluding hydrogens is 446 g/mol. The second kappa shape index (κ2) is 11.8. The van der Waals surface area contributed by atoms with E-state index in [2.05, 4.69) is 32.6 Å². The van der Waals surface area contributed by atoms with E-state index in [0.717, 1.165) is 32.7 Å². The van der Waals surface area contributed by atoms with E-state index in [9.17, 15) is 14.4 Å². The van der Waals surface area contributed by atoms with Gasteiger partial charge in [0.25, 0.3) is 0 Å². The van der Waals surface area contributed by atoms with Crippen LogP contribution in [-0.2, 0) is 20.9 Å². The summed E-state index contributed by atoms with van der Waals surface area (Å²) in [5, 5.41) is 5.58. The third kappa shape index (κ3) is 6.58. The van der Waals surface area contributed by atoms with Crippen LogP contribution >= 0.6 is 0 Å². The summed E-state index contributed by atoms with van der Waals surface area (Å²) in [5.74, 6) is -0.226. The number of methoxy groups -OCH3 is 1.